The highest BCUT2D eigenvalue weighted by atomic mass is 16.5. The number of nitrogens with zero attached hydrogens (tertiary/aromatic N) is 1. The summed E-state index contributed by atoms with van der Waals surface area (Å²) >= 11 is 0. The summed E-state index contributed by atoms with van der Waals surface area (Å²) in [6.07, 6.45) is 2.14. The van der Waals surface area contributed by atoms with Crippen LogP contribution in [-0.4, -0.2) is 81.7 Å². The van der Waals surface area contributed by atoms with Gasteiger partial charge in [0.25, 0.3) is 0 Å². The van der Waals surface area contributed by atoms with E-state index < -0.39 is 23.7 Å². The smallest absolute Gasteiger partial charge is 0.306 e. The number of methoxy groups -OCH3 is 2. The van der Waals surface area contributed by atoms with Crippen LogP contribution in [0.3, 0.4) is 0 Å². The van der Waals surface area contributed by atoms with E-state index in [2.05, 4.69) is 47.9 Å². The summed E-state index contributed by atoms with van der Waals surface area (Å²) < 4.78 is 24.1. The molecule has 0 unspecified atom stereocenters. The monoisotopic (exact) mass is 841 g/mol. The molecule has 1 fully saturated rings. The number of hydrogen-bond acceptors (Lipinski definition) is 8. The van der Waals surface area contributed by atoms with Gasteiger partial charge in [-0.15, -0.1) is 0 Å². The lowest BCUT2D eigenvalue weighted by atomic mass is 9.80. The number of likely N-dealkylation sites (tertiary alicyclic amines) is 1. The first kappa shape index (κ1) is 45.3. The van der Waals surface area contributed by atoms with Crippen LogP contribution in [0, 0.1) is 6.92 Å². The Labute approximate surface area is 365 Å². The van der Waals surface area contributed by atoms with Crippen molar-refractivity contribution in [1.82, 2.24) is 15.5 Å². The van der Waals surface area contributed by atoms with Gasteiger partial charge in [-0.3, -0.25) is 19.2 Å². The summed E-state index contributed by atoms with van der Waals surface area (Å²) in [5.74, 6) is 0.274. The number of hydrogen-bond donors (Lipinski definition) is 2. The van der Waals surface area contributed by atoms with Crippen LogP contribution in [0.5, 0.6) is 11.5 Å². The first-order valence-corrected chi connectivity index (χ1v) is 21.5. The fourth-order valence-corrected chi connectivity index (χ4v) is 8.19. The first-order valence-electron chi connectivity index (χ1n) is 21.5. The average Bonchev–Trinajstić information content (AvgIpc) is 3.71. The maximum Gasteiger partial charge on any atom is 0.306 e. The summed E-state index contributed by atoms with van der Waals surface area (Å²) in [5, 5.41) is 7.88. The Kier molecular flexibility index (Phi) is 15.8. The van der Waals surface area contributed by atoms with Gasteiger partial charge < -0.3 is 34.5 Å². The van der Waals surface area contributed by atoms with E-state index >= 15 is 0 Å². The Bertz CT molecular complexity index is 2230. The number of carbonyl (C=O) groups is 4. The molecule has 1 saturated heterocycles. The van der Waals surface area contributed by atoms with Crippen LogP contribution in [0.15, 0.2) is 115 Å². The van der Waals surface area contributed by atoms with Gasteiger partial charge >= 0.3 is 5.97 Å². The Hall–Kier alpha value is -6.20. The molecule has 326 valence electrons. The van der Waals surface area contributed by atoms with Crippen molar-refractivity contribution in [3.05, 3.63) is 143 Å². The zero-order chi connectivity index (χ0) is 44.1. The molecule has 62 heavy (non-hydrogen) atoms. The lowest BCUT2D eigenvalue weighted by molar-refractivity contribution is -0.150. The zero-order valence-electron chi connectivity index (χ0n) is 36.5. The third kappa shape index (κ3) is 11.2. The predicted octanol–water partition coefficient (Wildman–Crippen LogP) is 7.99. The standard InChI is InChI=1S/C51H59N3O8/c1-35-15-16-39-31-37(17-18-38(39)30-35)36(2)50(58)53-29-11-7-10-14-48(56)54-33-46(62-49(57)28-27-47(55)52-3)32-43(54)34-61-51(40-12-8-6-9-13-40,41-19-23-44(59-4)24-20-41)42-21-25-45(60-5)26-22-42/h6,8-9,12-13,15-26,30-31,36,43,46H,7,10-11,14,27-29,32-34H2,1-5H3,(H,52,55)(H,53,58)/t36-,43-,46+/m0/s1. The van der Waals surface area contributed by atoms with E-state index in [0.29, 0.717) is 30.9 Å². The van der Waals surface area contributed by atoms with Crippen molar-refractivity contribution in [1.29, 1.82) is 0 Å². The first-order chi connectivity index (χ1) is 30.0. The van der Waals surface area contributed by atoms with Crippen molar-refractivity contribution in [2.75, 3.05) is 41.0 Å². The maximum absolute atomic E-state index is 14.1. The summed E-state index contributed by atoms with van der Waals surface area (Å²) in [7, 11) is 4.77. The van der Waals surface area contributed by atoms with Gasteiger partial charge in [-0.2, -0.15) is 0 Å². The Balaban J connectivity index is 1.14. The molecule has 5 aromatic rings. The lowest BCUT2D eigenvalue weighted by Crippen LogP contribution is -2.42. The largest absolute Gasteiger partial charge is 0.497 e. The summed E-state index contributed by atoms with van der Waals surface area (Å²) in [6.45, 7) is 4.84. The van der Waals surface area contributed by atoms with Crippen molar-refractivity contribution in [2.24, 2.45) is 0 Å². The molecule has 3 atom stereocenters. The van der Waals surface area contributed by atoms with Crippen LogP contribution in [0.4, 0.5) is 0 Å². The van der Waals surface area contributed by atoms with Crippen molar-refractivity contribution in [3.8, 4) is 11.5 Å². The van der Waals surface area contributed by atoms with Gasteiger partial charge in [0, 0.05) is 32.9 Å². The number of esters is 1. The third-order valence-electron chi connectivity index (χ3n) is 11.8. The van der Waals surface area contributed by atoms with E-state index in [1.165, 1.54) is 12.6 Å². The predicted molar refractivity (Wildman–Crippen MR) is 240 cm³/mol. The lowest BCUT2D eigenvalue weighted by Gasteiger charge is -2.38. The second-order valence-electron chi connectivity index (χ2n) is 16.0. The normalized spacial score (nSPS) is 15.5. The zero-order valence-corrected chi connectivity index (χ0v) is 36.5. The van der Waals surface area contributed by atoms with Crippen molar-refractivity contribution in [3.63, 3.8) is 0 Å². The number of unbranched alkanes of at least 4 members (excludes halogenated alkanes) is 2. The van der Waals surface area contributed by atoms with E-state index in [1.54, 1.807) is 19.1 Å². The number of ether oxygens (including phenoxy) is 4. The molecule has 0 aromatic heterocycles. The molecule has 6 rings (SSSR count). The van der Waals surface area contributed by atoms with E-state index in [-0.39, 0.29) is 56.1 Å². The molecule has 0 radical (unpaired) electrons. The highest BCUT2D eigenvalue weighted by molar-refractivity contribution is 5.88. The highest BCUT2D eigenvalue weighted by Crippen LogP contribution is 2.42. The van der Waals surface area contributed by atoms with Crippen molar-refractivity contribution < 1.29 is 38.1 Å². The van der Waals surface area contributed by atoms with Gasteiger partial charge in [-0.05, 0) is 84.0 Å². The quantitative estimate of drug-likeness (QED) is 0.0458. The molecule has 0 bridgehead atoms. The molecular formula is C51H59N3O8. The van der Waals surface area contributed by atoms with Gasteiger partial charge in [0.2, 0.25) is 17.7 Å². The summed E-state index contributed by atoms with van der Waals surface area (Å²) in [5.41, 5.74) is 3.67. The summed E-state index contributed by atoms with van der Waals surface area (Å²) in [6, 6.07) is 37.5. The van der Waals surface area contributed by atoms with Gasteiger partial charge in [-0.25, -0.2) is 0 Å². The van der Waals surface area contributed by atoms with Crippen LogP contribution in [0.25, 0.3) is 10.8 Å². The molecule has 0 aliphatic carbocycles. The Morgan fingerprint density at radius 1 is 0.742 bits per heavy atom. The van der Waals surface area contributed by atoms with E-state index in [4.69, 9.17) is 18.9 Å². The third-order valence-corrected chi connectivity index (χ3v) is 11.8. The maximum atomic E-state index is 14.1. The van der Waals surface area contributed by atoms with Crippen molar-refractivity contribution >= 4 is 34.5 Å². The molecule has 2 N–H and O–H groups in total. The number of fused-ring (bicyclic) bond motifs is 1. The van der Waals surface area contributed by atoms with Gasteiger partial charge in [-0.1, -0.05) is 103 Å². The van der Waals surface area contributed by atoms with Gasteiger partial charge in [0.1, 0.15) is 23.2 Å². The van der Waals surface area contributed by atoms with Crippen molar-refractivity contribution in [2.45, 2.75) is 82.5 Å². The molecule has 1 heterocycles. The molecule has 1 aliphatic heterocycles. The number of benzene rings is 5. The molecule has 11 nitrogen and oxygen atoms in total. The number of carbonyl (C=O) groups excluding carboxylic acids is 4. The molecule has 0 spiro atoms. The van der Waals surface area contributed by atoms with Crippen LogP contribution >= 0.6 is 0 Å². The molecule has 5 aromatic carbocycles. The number of nitrogens with one attached hydrogen (secondary N) is 2. The Morgan fingerprint density at radius 3 is 2.02 bits per heavy atom. The number of rotatable bonds is 20. The van der Waals surface area contributed by atoms with Crippen LogP contribution in [0.1, 0.15) is 85.6 Å². The SMILES string of the molecule is CNC(=O)CCC(=O)O[C@@H]1C[C@@H](COC(c2ccccc2)(c2ccc(OC)cc2)c2ccc(OC)cc2)N(C(=O)CCCCCNC(=O)[C@@H](C)c2ccc3cc(C)ccc3c2)C1. The van der Waals surface area contributed by atoms with E-state index in [0.717, 1.165) is 45.9 Å². The fourth-order valence-electron chi connectivity index (χ4n) is 8.19. The highest BCUT2D eigenvalue weighted by Gasteiger charge is 2.42. The van der Waals surface area contributed by atoms with Crippen LogP contribution in [-0.2, 0) is 34.3 Å². The van der Waals surface area contributed by atoms with Gasteiger partial charge in [0.05, 0.1) is 45.8 Å². The van der Waals surface area contributed by atoms with Gasteiger partial charge in [0.15, 0.2) is 0 Å². The minimum atomic E-state index is -1.11. The number of aryl methyl sites for hydroxylation is 1. The average molecular weight is 842 g/mol. The molecule has 1 aliphatic rings. The van der Waals surface area contributed by atoms with E-state index in [1.807, 2.05) is 91.9 Å². The molecule has 11 heteroatoms. The minimum absolute atomic E-state index is 0.0170. The topological polar surface area (TPSA) is 132 Å². The Morgan fingerprint density at radius 2 is 1.37 bits per heavy atom. The summed E-state index contributed by atoms with van der Waals surface area (Å²) in [4.78, 5) is 53.7. The number of amides is 3. The molecule has 0 saturated carbocycles. The molecule has 3 amide bonds. The fraction of sp³-hybridized carbons (Fsp3) is 0.373. The van der Waals surface area contributed by atoms with E-state index in [9.17, 15) is 19.2 Å². The second-order valence-corrected chi connectivity index (χ2v) is 16.0. The second kappa shape index (κ2) is 21.5. The van der Waals surface area contributed by atoms with Crippen LogP contribution < -0.4 is 20.1 Å². The molecular weight excluding hydrogens is 783 g/mol. The van der Waals surface area contributed by atoms with Crippen LogP contribution in [0.2, 0.25) is 0 Å². The minimum Gasteiger partial charge on any atom is -0.497 e.